The molecule has 3 rings (SSSR count). The standard InChI is InChI=1S/C19H22N4O3S/c1-4-18-21-16-7-5-6-8-17(16)23(18)13-19(24)20-14-9-11-15(12-10-14)27(25,26)22(2)3/h5-12H,4,13H2,1-3H3,(H,20,24). The average molecular weight is 386 g/mol. The Hall–Kier alpha value is -2.71. The summed E-state index contributed by atoms with van der Waals surface area (Å²) in [6.45, 7) is 2.14. The number of imidazole rings is 1. The number of fused-ring (bicyclic) bond motifs is 1. The molecule has 7 nitrogen and oxygen atoms in total. The summed E-state index contributed by atoms with van der Waals surface area (Å²) in [5.41, 5.74) is 2.32. The van der Waals surface area contributed by atoms with E-state index in [0.29, 0.717) is 5.69 Å². The van der Waals surface area contributed by atoms with Crippen molar-refractivity contribution in [2.75, 3.05) is 19.4 Å². The van der Waals surface area contributed by atoms with Gasteiger partial charge in [0.15, 0.2) is 0 Å². The van der Waals surface area contributed by atoms with E-state index in [1.807, 2.05) is 35.8 Å². The van der Waals surface area contributed by atoms with Crippen LogP contribution in [0.2, 0.25) is 0 Å². The third-order valence-corrected chi connectivity index (χ3v) is 6.10. The van der Waals surface area contributed by atoms with Crippen LogP contribution in [0.1, 0.15) is 12.7 Å². The minimum atomic E-state index is -3.49. The number of rotatable bonds is 6. The van der Waals surface area contributed by atoms with Crippen molar-refractivity contribution in [3.63, 3.8) is 0 Å². The second-order valence-corrected chi connectivity index (χ2v) is 8.47. The van der Waals surface area contributed by atoms with Crippen LogP contribution in [0.3, 0.4) is 0 Å². The molecule has 3 aromatic rings. The van der Waals surface area contributed by atoms with Crippen molar-refractivity contribution in [1.29, 1.82) is 0 Å². The Bertz CT molecular complexity index is 1070. The van der Waals surface area contributed by atoms with Crippen LogP contribution in [0.15, 0.2) is 53.4 Å². The molecule has 0 aliphatic heterocycles. The summed E-state index contributed by atoms with van der Waals surface area (Å²) in [6, 6.07) is 13.8. The van der Waals surface area contributed by atoms with Gasteiger partial charge in [0.05, 0.1) is 15.9 Å². The Morgan fingerprint density at radius 1 is 1.11 bits per heavy atom. The second-order valence-electron chi connectivity index (χ2n) is 6.32. The molecule has 27 heavy (non-hydrogen) atoms. The van der Waals surface area contributed by atoms with Gasteiger partial charge in [0.1, 0.15) is 12.4 Å². The van der Waals surface area contributed by atoms with Crippen LogP contribution >= 0.6 is 0 Å². The molecule has 8 heteroatoms. The number of para-hydroxylation sites is 2. The number of hydrogen-bond acceptors (Lipinski definition) is 4. The first-order valence-electron chi connectivity index (χ1n) is 8.59. The summed E-state index contributed by atoms with van der Waals surface area (Å²) < 4.78 is 27.2. The highest BCUT2D eigenvalue weighted by molar-refractivity contribution is 7.89. The van der Waals surface area contributed by atoms with E-state index in [4.69, 9.17) is 0 Å². The molecule has 0 bridgehead atoms. The highest BCUT2D eigenvalue weighted by atomic mass is 32.2. The lowest BCUT2D eigenvalue weighted by Gasteiger charge is -2.12. The summed E-state index contributed by atoms with van der Waals surface area (Å²) in [5, 5.41) is 2.81. The predicted molar refractivity (Wildman–Crippen MR) is 105 cm³/mol. The number of aryl methyl sites for hydroxylation is 1. The van der Waals surface area contributed by atoms with Crippen LogP contribution in [0.5, 0.6) is 0 Å². The van der Waals surface area contributed by atoms with Gasteiger partial charge in [-0.1, -0.05) is 19.1 Å². The van der Waals surface area contributed by atoms with Crippen LogP contribution in [0.4, 0.5) is 5.69 Å². The first kappa shape index (κ1) is 19.1. The number of hydrogen-bond donors (Lipinski definition) is 1. The fourth-order valence-corrected chi connectivity index (χ4v) is 3.74. The van der Waals surface area contributed by atoms with Crippen molar-refractivity contribution in [3.8, 4) is 0 Å². The molecule has 0 aliphatic carbocycles. The van der Waals surface area contributed by atoms with Crippen molar-refractivity contribution in [2.24, 2.45) is 0 Å². The van der Waals surface area contributed by atoms with E-state index in [9.17, 15) is 13.2 Å². The lowest BCUT2D eigenvalue weighted by Crippen LogP contribution is -2.22. The lowest BCUT2D eigenvalue weighted by molar-refractivity contribution is -0.116. The zero-order valence-electron chi connectivity index (χ0n) is 15.5. The van der Waals surface area contributed by atoms with Gasteiger partial charge >= 0.3 is 0 Å². The third kappa shape index (κ3) is 3.86. The molecule has 0 aliphatic rings. The minimum absolute atomic E-state index is 0.140. The number of sulfonamides is 1. The molecule has 142 valence electrons. The van der Waals surface area contributed by atoms with Crippen LogP contribution in [-0.2, 0) is 27.8 Å². The van der Waals surface area contributed by atoms with Gasteiger partial charge in [-0.2, -0.15) is 0 Å². The average Bonchev–Trinajstić information content (AvgIpc) is 2.99. The van der Waals surface area contributed by atoms with Gasteiger partial charge < -0.3 is 9.88 Å². The van der Waals surface area contributed by atoms with Crippen molar-refractivity contribution in [1.82, 2.24) is 13.9 Å². The van der Waals surface area contributed by atoms with Crippen molar-refractivity contribution in [3.05, 3.63) is 54.4 Å². The maximum absolute atomic E-state index is 12.5. The highest BCUT2D eigenvalue weighted by Crippen LogP contribution is 2.18. The van der Waals surface area contributed by atoms with E-state index in [0.717, 1.165) is 27.6 Å². The summed E-state index contributed by atoms with van der Waals surface area (Å²) in [5.74, 6) is 0.648. The number of anilines is 1. The Labute approximate surface area is 158 Å². The molecule has 0 saturated carbocycles. The van der Waals surface area contributed by atoms with Crippen LogP contribution < -0.4 is 5.32 Å². The molecule has 0 fully saturated rings. The molecule has 0 radical (unpaired) electrons. The maximum atomic E-state index is 12.5. The maximum Gasteiger partial charge on any atom is 0.244 e. The van der Waals surface area contributed by atoms with E-state index >= 15 is 0 Å². The molecule has 0 unspecified atom stereocenters. The largest absolute Gasteiger partial charge is 0.325 e. The molecular weight excluding hydrogens is 364 g/mol. The van der Waals surface area contributed by atoms with Gasteiger partial charge in [-0.05, 0) is 36.4 Å². The minimum Gasteiger partial charge on any atom is -0.325 e. The Morgan fingerprint density at radius 3 is 2.41 bits per heavy atom. The van der Waals surface area contributed by atoms with Gasteiger partial charge in [0, 0.05) is 26.2 Å². The second kappa shape index (κ2) is 7.50. The Balaban J connectivity index is 1.77. The van der Waals surface area contributed by atoms with Crippen LogP contribution in [-0.4, -0.2) is 42.3 Å². The third-order valence-electron chi connectivity index (χ3n) is 4.27. The molecule has 0 atom stereocenters. The molecular formula is C19H22N4O3S. The molecule has 0 spiro atoms. The topological polar surface area (TPSA) is 84.3 Å². The van der Waals surface area contributed by atoms with Gasteiger partial charge in [0.25, 0.3) is 0 Å². The number of nitrogens with one attached hydrogen (secondary N) is 1. The van der Waals surface area contributed by atoms with Gasteiger partial charge in [0.2, 0.25) is 15.9 Å². The summed E-state index contributed by atoms with van der Waals surface area (Å²) in [7, 11) is -0.532. The zero-order chi connectivity index (χ0) is 19.6. The Kier molecular flexibility index (Phi) is 5.29. The van der Waals surface area contributed by atoms with Crippen molar-refractivity contribution < 1.29 is 13.2 Å². The molecule has 1 N–H and O–H groups in total. The lowest BCUT2D eigenvalue weighted by atomic mass is 10.3. The number of carbonyl (C=O) groups is 1. The Morgan fingerprint density at radius 2 is 1.78 bits per heavy atom. The first-order valence-corrected chi connectivity index (χ1v) is 10.0. The fourth-order valence-electron chi connectivity index (χ4n) is 2.84. The SMILES string of the molecule is CCc1nc2ccccc2n1CC(=O)Nc1ccc(S(=O)(=O)N(C)C)cc1. The van der Waals surface area contributed by atoms with Crippen LogP contribution in [0.25, 0.3) is 11.0 Å². The first-order chi connectivity index (χ1) is 12.8. The van der Waals surface area contributed by atoms with Gasteiger partial charge in [-0.25, -0.2) is 17.7 Å². The molecule has 2 aromatic carbocycles. The van der Waals surface area contributed by atoms with Gasteiger partial charge in [-0.3, -0.25) is 4.79 Å². The number of amides is 1. The quantitative estimate of drug-likeness (QED) is 0.705. The van der Waals surface area contributed by atoms with E-state index in [-0.39, 0.29) is 17.3 Å². The van der Waals surface area contributed by atoms with E-state index in [1.54, 1.807) is 12.1 Å². The molecule has 1 aromatic heterocycles. The number of nitrogens with zero attached hydrogens (tertiary/aromatic N) is 3. The van der Waals surface area contributed by atoms with E-state index in [1.165, 1.54) is 26.2 Å². The number of aromatic nitrogens is 2. The summed E-state index contributed by atoms with van der Waals surface area (Å²) in [4.78, 5) is 17.2. The van der Waals surface area contributed by atoms with Crippen LogP contribution in [0, 0.1) is 0 Å². The van der Waals surface area contributed by atoms with E-state index in [2.05, 4.69) is 10.3 Å². The monoisotopic (exact) mass is 386 g/mol. The normalized spacial score (nSPS) is 11.9. The summed E-state index contributed by atoms with van der Waals surface area (Å²) >= 11 is 0. The van der Waals surface area contributed by atoms with Crippen molar-refractivity contribution in [2.45, 2.75) is 24.8 Å². The number of carbonyl (C=O) groups excluding carboxylic acids is 1. The molecule has 0 saturated heterocycles. The molecule has 1 amide bonds. The van der Waals surface area contributed by atoms with Crippen molar-refractivity contribution >= 4 is 32.7 Å². The highest BCUT2D eigenvalue weighted by Gasteiger charge is 2.17. The zero-order valence-corrected chi connectivity index (χ0v) is 16.3. The smallest absolute Gasteiger partial charge is 0.244 e. The predicted octanol–water partition coefficient (Wildman–Crippen LogP) is 2.49. The van der Waals surface area contributed by atoms with Gasteiger partial charge in [-0.15, -0.1) is 0 Å². The number of benzene rings is 2. The summed E-state index contributed by atoms with van der Waals surface area (Å²) in [6.07, 6.45) is 0.721. The molecule has 1 heterocycles. The van der Waals surface area contributed by atoms with E-state index < -0.39 is 10.0 Å². The fraction of sp³-hybridized carbons (Fsp3) is 0.263.